The molecule has 1 amide bonds. The number of carbonyl (C=O) groups excluding carboxylic acids is 1. The van der Waals surface area contributed by atoms with E-state index in [1.807, 2.05) is 62.4 Å². The molecule has 0 aliphatic heterocycles. The Bertz CT molecular complexity index is 858. The zero-order valence-corrected chi connectivity index (χ0v) is 14.3. The minimum absolute atomic E-state index is 0.226. The van der Waals surface area contributed by atoms with Gasteiger partial charge in [0, 0.05) is 18.3 Å². The number of nitrogens with one attached hydrogen (secondary N) is 2. The first-order valence-electron chi connectivity index (χ1n) is 8.11. The molecule has 1 heterocycles. The molecule has 3 rings (SSSR count). The van der Waals surface area contributed by atoms with Crippen molar-refractivity contribution in [3.05, 3.63) is 83.3 Å². The second-order valence-corrected chi connectivity index (χ2v) is 5.85. The molecule has 0 aliphatic rings. The molecule has 0 saturated heterocycles. The molecule has 25 heavy (non-hydrogen) atoms. The molecule has 0 bridgehead atoms. The summed E-state index contributed by atoms with van der Waals surface area (Å²) < 4.78 is 0. The summed E-state index contributed by atoms with van der Waals surface area (Å²) in [5.41, 5.74) is 4.61. The first kappa shape index (κ1) is 16.6. The van der Waals surface area contributed by atoms with Gasteiger partial charge in [0.15, 0.2) is 0 Å². The quantitative estimate of drug-likeness (QED) is 0.746. The fourth-order valence-electron chi connectivity index (χ4n) is 2.56. The number of aryl methyl sites for hydroxylation is 2. The van der Waals surface area contributed by atoms with Gasteiger partial charge in [0.05, 0.1) is 0 Å². The van der Waals surface area contributed by atoms with Crippen LogP contribution in [0.2, 0.25) is 0 Å². The van der Waals surface area contributed by atoms with E-state index in [-0.39, 0.29) is 5.91 Å². The number of para-hydroxylation sites is 1. The molecule has 5 heteroatoms. The van der Waals surface area contributed by atoms with Gasteiger partial charge in [0.25, 0.3) is 5.91 Å². The smallest absolute Gasteiger partial charge is 0.270 e. The average molecular weight is 332 g/mol. The van der Waals surface area contributed by atoms with Crippen LogP contribution in [0.25, 0.3) is 0 Å². The van der Waals surface area contributed by atoms with Gasteiger partial charge >= 0.3 is 0 Å². The molecule has 0 spiro atoms. The van der Waals surface area contributed by atoms with Gasteiger partial charge < -0.3 is 10.6 Å². The highest BCUT2D eigenvalue weighted by atomic mass is 16.1. The number of aromatic nitrogens is 2. The standard InChI is InChI=1S/C20H20N4O/c1-14-7-6-8-15(2)19(14)24-18-11-17(22-13-23-18)20(25)21-12-16-9-4-3-5-10-16/h3-11,13H,12H2,1-2H3,(H,21,25)(H,22,23,24). The van der Waals surface area contributed by atoms with E-state index < -0.39 is 0 Å². The van der Waals surface area contributed by atoms with Gasteiger partial charge in [-0.2, -0.15) is 0 Å². The minimum atomic E-state index is -0.226. The molecule has 0 radical (unpaired) electrons. The maximum absolute atomic E-state index is 12.3. The van der Waals surface area contributed by atoms with Crippen molar-refractivity contribution in [1.82, 2.24) is 15.3 Å². The van der Waals surface area contributed by atoms with Gasteiger partial charge in [-0.25, -0.2) is 9.97 Å². The predicted octanol–water partition coefficient (Wildman–Crippen LogP) is 3.77. The Morgan fingerprint density at radius 2 is 1.68 bits per heavy atom. The van der Waals surface area contributed by atoms with Crippen LogP contribution in [-0.4, -0.2) is 15.9 Å². The normalized spacial score (nSPS) is 10.3. The third-order valence-corrected chi connectivity index (χ3v) is 3.93. The summed E-state index contributed by atoms with van der Waals surface area (Å²) >= 11 is 0. The second kappa shape index (κ2) is 7.57. The highest BCUT2D eigenvalue weighted by Crippen LogP contribution is 2.23. The Morgan fingerprint density at radius 3 is 2.40 bits per heavy atom. The van der Waals surface area contributed by atoms with Crippen LogP contribution < -0.4 is 10.6 Å². The molecule has 0 unspecified atom stereocenters. The van der Waals surface area contributed by atoms with Crippen molar-refractivity contribution >= 4 is 17.4 Å². The number of hydrogen-bond donors (Lipinski definition) is 2. The molecule has 3 aromatic rings. The topological polar surface area (TPSA) is 66.9 Å². The first-order chi connectivity index (χ1) is 12.1. The maximum Gasteiger partial charge on any atom is 0.270 e. The SMILES string of the molecule is Cc1cccc(C)c1Nc1cc(C(=O)NCc2ccccc2)ncn1. The largest absolute Gasteiger partial charge is 0.347 e. The molecule has 2 aromatic carbocycles. The maximum atomic E-state index is 12.3. The van der Waals surface area contributed by atoms with Crippen molar-refractivity contribution < 1.29 is 4.79 Å². The second-order valence-electron chi connectivity index (χ2n) is 5.85. The lowest BCUT2D eigenvalue weighted by Crippen LogP contribution is -2.24. The minimum Gasteiger partial charge on any atom is -0.347 e. The van der Waals surface area contributed by atoms with E-state index >= 15 is 0 Å². The third-order valence-electron chi connectivity index (χ3n) is 3.93. The number of benzene rings is 2. The lowest BCUT2D eigenvalue weighted by atomic mass is 10.1. The zero-order valence-electron chi connectivity index (χ0n) is 14.3. The number of nitrogens with zero attached hydrogens (tertiary/aromatic N) is 2. The van der Waals surface area contributed by atoms with Crippen molar-refractivity contribution in [1.29, 1.82) is 0 Å². The summed E-state index contributed by atoms with van der Waals surface area (Å²) in [7, 11) is 0. The van der Waals surface area contributed by atoms with Gasteiger partial charge in [0.2, 0.25) is 0 Å². The van der Waals surface area contributed by atoms with E-state index in [0.717, 1.165) is 22.4 Å². The molecule has 0 atom stereocenters. The van der Waals surface area contributed by atoms with E-state index in [2.05, 4.69) is 20.6 Å². The summed E-state index contributed by atoms with van der Waals surface area (Å²) in [6.07, 6.45) is 1.40. The van der Waals surface area contributed by atoms with E-state index in [1.54, 1.807) is 6.07 Å². The molecule has 0 aliphatic carbocycles. The van der Waals surface area contributed by atoms with E-state index in [9.17, 15) is 4.79 Å². The van der Waals surface area contributed by atoms with Gasteiger partial charge in [-0.05, 0) is 30.5 Å². The van der Waals surface area contributed by atoms with Crippen LogP contribution in [0.1, 0.15) is 27.2 Å². The Morgan fingerprint density at radius 1 is 0.960 bits per heavy atom. The highest BCUT2D eigenvalue weighted by Gasteiger charge is 2.10. The molecular formula is C20H20N4O. The predicted molar refractivity (Wildman–Crippen MR) is 98.8 cm³/mol. The Kier molecular flexibility index (Phi) is 5.04. The Hall–Kier alpha value is -3.21. The number of anilines is 2. The zero-order chi connectivity index (χ0) is 17.6. The van der Waals surface area contributed by atoms with Crippen molar-refractivity contribution in [2.45, 2.75) is 20.4 Å². The molecule has 5 nitrogen and oxygen atoms in total. The highest BCUT2D eigenvalue weighted by molar-refractivity contribution is 5.93. The Balaban J connectivity index is 1.72. The molecular weight excluding hydrogens is 312 g/mol. The van der Waals surface area contributed by atoms with Gasteiger partial charge in [-0.1, -0.05) is 48.5 Å². The lowest BCUT2D eigenvalue weighted by Gasteiger charge is -2.12. The number of hydrogen-bond acceptors (Lipinski definition) is 4. The number of rotatable bonds is 5. The van der Waals surface area contributed by atoms with Crippen molar-refractivity contribution in [3.63, 3.8) is 0 Å². The van der Waals surface area contributed by atoms with Crippen LogP contribution in [0.5, 0.6) is 0 Å². The van der Waals surface area contributed by atoms with Crippen molar-refractivity contribution in [2.24, 2.45) is 0 Å². The molecule has 126 valence electrons. The van der Waals surface area contributed by atoms with Crippen LogP contribution in [0, 0.1) is 13.8 Å². The molecule has 2 N–H and O–H groups in total. The van der Waals surface area contributed by atoms with Crippen LogP contribution >= 0.6 is 0 Å². The van der Waals surface area contributed by atoms with Crippen molar-refractivity contribution in [2.75, 3.05) is 5.32 Å². The van der Waals surface area contributed by atoms with E-state index in [4.69, 9.17) is 0 Å². The summed E-state index contributed by atoms with van der Waals surface area (Å²) in [5.74, 6) is 0.369. The summed E-state index contributed by atoms with van der Waals surface area (Å²) in [4.78, 5) is 20.6. The van der Waals surface area contributed by atoms with Gasteiger partial charge in [-0.15, -0.1) is 0 Å². The molecule has 0 saturated carbocycles. The lowest BCUT2D eigenvalue weighted by molar-refractivity contribution is 0.0946. The van der Waals surface area contributed by atoms with Crippen LogP contribution in [0.3, 0.4) is 0 Å². The van der Waals surface area contributed by atoms with Gasteiger partial charge in [0.1, 0.15) is 17.8 Å². The Labute approximate surface area is 147 Å². The fourth-order valence-corrected chi connectivity index (χ4v) is 2.56. The molecule has 1 aromatic heterocycles. The number of amides is 1. The third kappa shape index (κ3) is 4.20. The summed E-state index contributed by atoms with van der Waals surface area (Å²) in [6.45, 7) is 4.53. The van der Waals surface area contributed by atoms with Crippen molar-refractivity contribution in [3.8, 4) is 0 Å². The van der Waals surface area contributed by atoms with Crippen LogP contribution in [0.15, 0.2) is 60.9 Å². The molecule has 0 fully saturated rings. The number of carbonyl (C=O) groups is 1. The summed E-state index contributed by atoms with van der Waals surface area (Å²) in [5, 5.41) is 6.15. The summed E-state index contributed by atoms with van der Waals surface area (Å²) in [6, 6.07) is 17.5. The first-order valence-corrected chi connectivity index (χ1v) is 8.11. The van der Waals surface area contributed by atoms with E-state index in [1.165, 1.54) is 6.33 Å². The van der Waals surface area contributed by atoms with Crippen LogP contribution in [0.4, 0.5) is 11.5 Å². The fraction of sp³-hybridized carbons (Fsp3) is 0.150. The van der Waals surface area contributed by atoms with Gasteiger partial charge in [-0.3, -0.25) is 4.79 Å². The average Bonchev–Trinajstić information content (AvgIpc) is 2.64. The van der Waals surface area contributed by atoms with Crippen LogP contribution in [-0.2, 0) is 6.54 Å². The van der Waals surface area contributed by atoms with E-state index in [0.29, 0.717) is 18.1 Å². The monoisotopic (exact) mass is 332 g/mol.